The molecule has 0 saturated heterocycles. The van der Waals surface area contributed by atoms with E-state index in [4.69, 9.17) is 16.4 Å². The second-order valence-electron chi connectivity index (χ2n) is 3.26. The minimum Gasteiger partial charge on any atom is -0.391 e. The molecule has 0 aliphatic heterocycles. The number of halogens is 2. The highest BCUT2D eigenvalue weighted by molar-refractivity contribution is 7.11. The maximum absolute atomic E-state index is 12.8. The molecule has 0 saturated carbocycles. The number of rotatable bonds is 4. The van der Waals surface area contributed by atoms with Gasteiger partial charge in [0, 0.05) is 10.4 Å². The Morgan fingerprint density at radius 2 is 2.29 bits per heavy atom. The van der Waals surface area contributed by atoms with E-state index < -0.39 is 0 Å². The van der Waals surface area contributed by atoms with Gasteiger partial charge in [-0.25, -0.2) is 4.39 Å². The van der Waals surface area contributed by atoms with Crippen molar-refractivity contribution in [2.45, 2.75) is 6.61 Å². The van der Waals surface area contributed by atoms with E-state index in [1.165, 1.54) is 12.1 Å². The van der Waals surface area contributed by atoms with Crippen LogP contribution in [0.4, 0.5) is 4.39 Å². The van der Waals surface area contributed by atoms with E-state index in [1.807, 2.05) is 17.5 Å². The van der Waals surface area contributed by atoms with Gasteiger partial charge in [0.2, 0.25) is 0 Å². The van der Waals surface area contributed by atoms with Crippen LogP contribution in [0.5, 0.6) is 0 Å². The van der Waals surface area contributed by atoms with E-state index in [1.54, 1.807) is 23.6 Å². The minimum absolute atomic E-state index is 0.223. The Kier molecular flexibility index (Phi) is 4.12. The lowest BCUT2D eigenvalue weighted by Gasteiger charge is -2.02. The Hall–Kier alpha value is -1.39. The van der Waals surface area contributed by atoms with Crippen molar-refractivity contribution in [2.75, 3.05) is 0 Å². The van der Waals surface area contributed by atoms with Crippen molar-refractivity contribution in [3.8, 4) is 0 Å². The summed E-state index contributed by atoms with van der Waals surface area (Å²) in [6, 6.07) is 8.04. The molecule has 0 spiro atoms. The van der Waals surface area contributed by atoms with Gasteiger partial charge < -0.3 is 4.84 Å². The Morgan fingerprint density at radius 1 is 1.41 bits per heavy atom. The first-order chi connectivity index (χ1) is 8.25. The monoisotopic (exact) mass is 269 g/mol. The first-order valence-corrected chi connectivity index (χ1v) is 6.14. The SMILES string of the molecule is Fc1ccc(CO/N=C/c2cccs2)c(Cl)c1. The van der Waals surface area contributed by atoms with Gasteiger partial charge in [0.15, 0.2) is 0 Å². The summed E-state index contributed by atoms with van der Waals surface area (Å²) in [5.41, 5.74) is 0.705. The molecule has 1 heterocycles. The van der Waals surface area contributed by atoms with Crippen LogP contribution in [-0.4, -0.2) is 6.21 Å². The maximum atomic E-state index is 12.8. The van der Waals surface area contributed by atoms with Gasteiger partial charge in [-0.05, 0) is 23.6 Å². The molecule has 88 valence electrons. The third-order valence-electron chi connectivity index (χ3n) is 2.03. The molecule has 1 aromatic heterocycles. The molecule has 2 aromatic rings. The number of nitrogens with zero attached hydrogens (tertiary/aromatic N) is 1. The van der Waals surface area contributed by atoms with Gasteiger partial charge >= 0.3 is 0 Å². The number of hydrogen-bond acceptors (Lipinski definition) is 3. The highest BCUT2D eigenvalue weighted by atomic mass is 35.5. The average Bonchev–Trinajstić information content (AvgIpc) is 2.79. The fraction of sp³-hybridized carbons (Fsp3) is 0.0833. The molecule has 0 radical (unpaired) electrons. The minimum atomic E-state index is -0.360. The lowest BCUT2D eigenvalue weighted by atomic mass is 10.2. The zero-order valence-electron chi connectivity index (χ0n) is 8.77. The molecular formula is C12H9ClFNOS. The van der Waals surface area contributed by atoms with E-state index in [9.17, 15) is 4.39 Å². The fourth-order valence-electron chi connectivity index (χ4n) is 1.20. The van der Waals surface area contributed by atoms with Crippen molar-refractivity contribution in [1.29, 1.82) is 0 Å². The van der Waals surface area contributed by atoms with Crippen LogP contribution in [0.3, 0.4) is 0 Å². The third-order valence-corrected chi connectivity index (χ3v) is 3.19. The topological polar surface area (TPSA) is 21.6 Å². The van der Waals surface area contributed by atoms with E-state index in [2.05, 4.69) is 5.16 Å². The summed E-state index contributed by atoms with van der Waals surface area (Å²) in [5, 5.41) is 6.11. The van der Waals surface area contributed by atoms with Crippen molar-refractivity contribution in [3.05, 3.63) is 57.0 Å². The number of hydrogen-bond donors (Lipinski definition) is 0. The van der Waals surface area contributed by atoms with E-state index in [0.29, 0.717) is 10.6 Å². The molecule has 0 amide bonds. The predicted octanol–water partition coefficient (Wildman–Crippen LogP) is 4.09. The molecule has 0 atom stereocenters. The van der Waals surface area contributed by atoms with Gasteiger partial charge in [-0.2, -0.15) is 0 Å². The van der Waals surface area contributed by atoms with Crippen LogP contribution in [0.25, 0.3) is 0 Å². The molecule has 2 nitrogen and oxygen atoms in total. The van der Waals surface area contributed by atoms with Gasteiger partial charge in [-0.1, -0.05) is 28.9 Å². The van der Waals surface area contributed by atoms with Crippen LogP contribution in [-0.2, 0) is 11.4 Å². The normalized spacial score (nSPS) is 10.9. The van der Waals surface area contributed by atoms with Gasteiger partial charge in [0.1, 0.15) is 12.4 Å². The third kappa shape index (κ3) is 3.54. The summed E-state index contributed by atoms with van der Waals surface area (Å²) in [7, 11) is 0. The van der Waals surface area contributed by atoms with E-state index in [-0.39, 0.29) is 12.4 Å². The first-order valence-electron chi connectivity index (χ1n) is 4.88. The van der Waals surface area contributed by atoms with Crippen LogP contribution in [0.1, 0.15) is 10.4 Å². The molecule has 5 heteroatoms. The van der Waals surface area contributed by atoms with Gasteiger partial charge in [0.05, 0.1) is 11.2 Å². The standard InChI is InChI=1S/C12H9ClFNOS/c13-12-6-10(14)4-3-9(12)8-16-15-7-11-2-1-5-17-11/h1-7H,8H2/b15-7+. The molecule has 0 aliphatic carbocycles. The summed E-state index contributed by atoms with van der Waals surface area (Å²) < 4.78 is 12.8. The molecule has 0 N–H and O–H groups in total. The summed E-state index contributed by atoms with van der Waals surface area (Å²) in [4.78, 5) is 6.09. The lowest BCUT2D eigenvalue weighted by Crippen LogP contribution is -1.89. The Morgan fingerprint density at radius 3 is 3.00 bits per heavy atom. The lowest BCUT2D eigenvalue weighted by molar-refractivity contribution is 0.132. The van der Waals surface area contributed by atoms with E-state index >= 15 is 0 Å². The summed E-state index contributed by atoms with van der Waals surface area (Å²) in [6.07, 6.45) is 1.63. The van der Waals surface area contributed by atoms with E-state index in [0.717, 1.165) is 4.88 Å². The van der Waals surface area contributed by atoms with Gasteiger partial charge in [-0.15, -0.1) is 11.3 Å². The quantitative estimate of drug-likeness (QED) is 0.605. The van der Waals surface area contributed by atoms with Crippen molar-refractivity contribution in [3.63, 3.8) is 0 Å². The van der Waals surface area contributed by atoms with Crippen molar-refractivity contribution in [1.82, 2.24) is 0 Å². The fourth-order valence-corrected chi connectivity index (χ4v) is 2.00. The Bertz CT molecular complexity index is 513. The maximum Gasteiger partial charge on any atom is 0.143 e. The summed E-state index contributed by atoms with van der Waals surface area (Å²) in [6.45, 7) is 0.223. The van der Waals surface area contributed by atoms with Crippen LogP contribution in [0.15, 0.2) is 40.9 Å². The van der Waals surface area contributed by atoms with Gasteiger partial charge in [-0.3, -0.25) is 0 Å². The first kappa shape index (κ1) is 12.1. The zero-order valence-corrected chi connectivity index (χ0v) is 10.3. The van der Waals surface area contributed by atoms with Crippen LogP contribution in [0.2, 0.25) is 5.02 Å². The largest absolute Gasteiger partial charge is 0.391 e. The van der Waals surface area contributed by atoms with Crippen molar-refractivity contribution in [2.24, 2.45) is 5.16 Å². The Labute approximate surface area is 107 Å². The molecule has 17 heavy (non-hydrogen) atoms. The number of thiophene rings is 1. The molecule has 0 fully saturated rings. The van der Waals surface area contributed by atoms with Gasteiger partial charge in [0.25, 0.3) is 0 Å². The summed E-state index contributed by atoms with van der Waals surface area (Å²) >= 11 is 7.41. The second-order valence-corrected chi connectivity index (χ2v) is 4.65. The van der Waals surface area contributed by atoms with Crippen LogP contribution < -0.4 is 0 Å². The molecule has 0 unspecified atom stereocenters. The van der Waals surface area contributed by atoms with Crippen molar-refractivity contribution >= 4 is 29.2 Å². The zero-order chi connectivity index (χ0) is 12.1. The molecule has 0 bridgehead atoms. The summed E-state index contributed by atoms with van der Waals surface area (Å²) in [5.74, 6) is -0.360. The highest BCUT2D eigenvalue weighted by Crippen LogP contribution is 2.18. The predicted molar refractivity (Wildman–Crippen MR) is 68.1 cm³/mol. The smallest absolute Gasteiger partial charge is 0.143 e. The van der Waals surface area contributed by atoms with Crippen LogP contribution in [0, 0.1) is 5.82 Å². The molecular weight excluding hydrogens is 261 g/mol. The average molecular weight is 270 g/mol. The van der Waals surface area contributed by atoms with Crippen molar-refractivity contribution < 1.29 is 9.23 Å². The second kappa shape index (κ2) is 5.80. The number of benzene rings is 1. The highest BCUT2D eigenvalue weighted by Gasteiger charge is 2.01. The molecule has 2 rings (SSSR count). The molecule has 0 aliphatic rings. The molecule has 1 aromatic carbocycles. The number of oxime groups is 1. The Balaban J connectivity index is 1.90. The van der Waals surface area contributed by atoms with Crippen LogP contribution >= 0.6 is 22.9 Å².